The molecule has 0 unspecified atom stereocenters. The minimum atomic E-state index is -4.57. The van der Waals surface area contributed by atoms with Crippen molar-refractivity contribution in [2.75, 3.05) is 49.0 Å². The van der Waals surface area contributed by atoms with Gasteiger partial charge in [0.25, 0.3) is 20.0 Å². The smallest absolute Gasteiger partial charge is 0.268 e. The summed E-state index contributed by atoms with van der Waals surface area (Å²) in [6.45, 7) is 0. The molecule has 0 aliphatic carbocycles. The monoisotopic (exact) mass is 642 g/mol. The highest BCUT2D eigenvalue weighted by atomic mass is 32.2. The van der Waals surface area contributed by atoms with Crippen LogP contribution < -0.4 is 28.0 Å². The average Bonchev–Trinajstić information content (AvgIpc) is 3.23. The average molecular weight is 643 g/mol. The van der Waals surface area contributed by atoms with Gasteiger partial charge in [-0.25, -0.2) is 25.3 Å². The van der Waals surface area contributed by atoms with Crippen LogP contribution in [0.1, 0.15) is 0 Å². The second kappa shape index (κ2) is 11.9. The molecule has 0 spiro atoms. The van der Waals surface area contributed by atoms with Gasteiger partial charge in [0.15, 0.2) is 9.84 Å². The van der Waals surface area contributed by atoms with Crippen molar-refractivity contribution in [3.8, 4) is 23.0 Å². The molecule has 1 aliphatic heterocycles. The molecule has 1 heterocycles. The SMILES string of the molecule is COc1ccc(OC)c(S(=O)(=O)Nc2ccc(N([C@H]3CS(=O)(=O)C[C@@H]3O)S(=O)(=O)c3cc(OC)ccc3OC)cc2)c1. The highest BCUT2D eigenvalue weighted by Gasteiger charge is 2.45. The number of sulfone groups is 1. The molecule has 13 nitrogen and oxygen atoms in total. The molecule has 3 aromatic rings. The highest BCUT2D eigenvalue weighted by molar-refractivity contribution is 7.93. The first-order valence-corrected chi connectivity index (χ1v) is 17.0. The maximum atomic E-state index is 14.1. The molecule has 16 heteroatoms. The number of hydrogen-bond acceptors (Lipinski definition) is 11. The Kier molecular flexibility index (Phi) is 8.82. The van der Waals surface area contributed by atoms with Gasteiger partial charge in [-0.1, -0.05) is 0 Å². The van der Waals surface area contributed by atoms with Crippen LogP contribution in [0.2, 0.25) is 0 Å². The maximum Gasteiger partial charge on any atom is 0.268 e. The summed E-state index contributed by atoms with van der Waals surface area (Å²) in [5, 5.41) is 10.7. The van der Waals surface area contributed by atoms with E-state index in [2.05, 4.69) is 4.72 Å². The van der Waals surface area contributed by atoms with Crippen LogP contribution >= 0.6 is 0 Å². The van der Waals surface area contributed by atoms with Gasteiger partial charge in [-0.3, -0.25) is 9.03 Å². The Labute approximate surface area is 244 Å². The number of rotatable bonds is 11. The van der Waals surface area contributed by atoms with Crippen LogP contribution in [0.25, 0.3) is 0 Å². The number of benzene rings is 3. The quantitative estimate of drug-likeness (QED) is 0.312. The molecule has 42 heavy (non-hydrogen) atoms. The lowest BCUT2D eigenvalue weighted by atomic mass is 10.2. The molecule has 1 saturated heterocycles. The summed E-state index contributed by atoms with van der Waals surface area (Å²) in [6, 6.07) is 12.2. The molecule has 0 radical (unpaired) electrons. The summed E-state index contributed by atoms with van der Waals surface area (Å²) in [6.07, 6.45) is -1.53. The fourth-order valence-corrected chi connectivity index (χ4v) is 9.48. The number of aliphatic hydroxyl groups excluding tert-OH is 1. The third kappa shape index (κ3) is 6.21. The zero-order valence-electron chi connectivity index (χ0n) is 23.0. The second-order valence-electron chi connectivity index (χ2n) is 9.20. The Morgan fingerprint density at radius 2 is 1.29 bits per heavy atom. The van der Waals surface area contributed by atoms with Gasteiger partial charge in [-0.2, -0.15) is 0 Å². The van der Waals surface area contributed by atoms with E-state index in [1.54, 1.807) is 0 Å². The van der Waals surface area contributed by atoms with E-state index in [0.717, 1.165) is 4.31 Å². The largest absolute Gasteiger partial charge is 0.497 e. The standard InChI is InChI=1S/C26H30N2O11S3/c1-36-19-9-11-23(38-3)25(13-19)41(32,33)27-17-5-7-18(8-6-17)28(21-15-40(30,31)16-22(21)29)42(34,35)26-14-20(37-2)10-12-24(26)39-4/h5-14,21-22,27,29H,15-16H2,1-4H3/t21-,22-/m0/s1. The minimum absolute atomic E-state index is 0.0251. The molecule has 3 aromatic carbocycles. The van der Waals surface area contributed by atoms with Gasteiger partial charge >= 0.3 is 0 Å². The summed E-state index contributed by atoms with van der Waals surface area (Å²) < 4.78 is 103. The number of nitrogens with one attached hydrogen (secondary N) is 1. The lowest BCUT2D eigenvalue weighted by Crippen LogP contribution is -2.47. The van der Waals surface area contributed by atoms with Crippen LogP contribution in [0.4, 0.5) is 11.4 Å². The van der Waals surface area contributed by atoms with Crippen LogP contribution in [0.5, 0.6) is 23.0 Å². The fourth-order valence-electron chi connectivity index (χ4n) is 4.52. The minimum Gasteiger partial charge on any atom is -0.497 e. The van der Waals surface area contributed by atoms with Crippen molar-refractivity contribution < 1.29 is 49.3 Å². The van der Waals surface area contributed by atoms with Crippen molar-refractivity contribution >= 4 is 41.3 Å². The molecule has 2 N–H and O–H groups in total. The van der Waals surface area contributed by atoms with Gasteiger partial charge < -0.3 is 24.1 Å². The number of hydrogen-bond donors (Lipinski definition) is 2. The molecule has 0 saturated carbocycles. The molecule has 228 valence electrons. The van der Waals surface area contributed by atoms with E-state index in [-0.39, 0.29) is 44.2 Å². The van der Waals surface area contributed by atoms with Crippen LogP contribution in [0.15, 0.2) is 70.5 Å². The molecular weight excluding hydrogens is 612 g/mol. The number of sulfonamides is 2. The van der Waals surface area contributed by atoms with E-state index in [0.29, 0.717) is 0 Å². The van der Waals surface area contributed by atoms with E-state index in [1.807, 2.05) is 0 Å². The first kappa shape index (κ1) is 31.2. The molecule has 1 aliphatic rings. The molecular formula is C26H30N2O11S3. The van der Waals surface area contributed by atoms with Gasteiger partial charge in [0, 0.05) is 17.8 Å². The summed E-state index contributed by atoms with van der Waals surface area (Å²) in [5.41, 5.74) is 0.0439. The van der Waals surface area contributed by atoms with Gasteiger partial charge in [0.05, 0.1) is 57.8 Å². The Balaban J connectivity index is 1.77. The Hall–Kier alpha value is -3.73. The molecule has 0 bridgehead atoms. The number of nitrogens with zero attached hydrogens (tertiary/aromatic N) is 1. The van der Waals surface area contributed by atoms with Gasteiger partial charge in [-0.15, -0.1) is 0 Å². The van der Waals surface area contributed by atoms with Crippen LogP contribution in [0, 0.1) is 0 Å². The van der Waals surface area contributed by atoms with E-state index in [1.165, 1.54) is 89.1 Å². The zero-order valence-corrected chi connectivity index (χ0v) is 25.5. The predicted octanol–water partition coefficient (Wildman–Crippen LogP) is 1.87. The van der Waals surface area contributed by atoms with Gasteiger partial charge in [-0.05, 0) is 48.5 Å². The summed E-state index contributed by atoms with van der Waals surface area (Å²) >= 11 is 0. The van der Waals surface area contributed by atoms with Crippen molar-refractivity contribution in [2.45, 2.75) is 21.9 Å². The Morgan fingerprint density at radius 3 is 1.76 bits per heavy atom. The van der Waals surface area contributed by atoms with Crippen molar-refractivity contribution in [2.24, 2.45) is 0 Å². The van der Waals surface area contributed by atoms with Gasteiger partial charge in [0.1, 0.15) is 32.8 Å². The summed E-state index contributed by atoms with van der Waals surface area (Å²) in [7, 11) is -7.19. The summed E-state index contributed by atoms with van der Waals surface area (Å²) in [5.74, 6) is -0.742. The van der Waals surface area contributed by atoms with Crippen LogP contribution in [0.3, 0.4) is 0 Å². The lowest BCUT2D eigenvalue weighted by molar-refractivity contribution is 0.184. The number of aliphatic hydroxyl groups is 1. The normalized spacial score (nSPS) is 18.2. The van der Waals surface area contributed by atoms with E-state index in [4.69, 9.17) is 18.9 Å². The predicted molar refractivity (Wildman–Crippen MR) is 154 cm³/mol. The number of anilines is 2. The van der Waals surface area contributed by atoms with Gasteiger partial charge in [0.2, 0.25) is 0 Å². The first-order valence-electron chi connectivity index (χ1n) is 12.3. The molecule has 0 aromatic heterocycles. The molecule has 2 atom stereocenters. The second-order valence-corrected chi connectivity index (χ2v) is 14.8. The maximum absolute atomic E-state index is 14.1. The molecule has 1 fully saturated rings. The number of methoxy groups -OCH3 is 4. The number of ether oxygens (including phenoxy) is 4. The Morgan fingerprint density at radius 1 is 0.762 bits per heavy atom. The van der Waals surface area contributed by atoms with Crippen molar-refractivity contribution in [1.82, 2.24) is 0 Å². The molecule has 0 amide bonds. The van der Waals surface area contributed by atoms with E-state index < -0.39 is 53.5 Å². The highest BCUT2D eigenvalue weighted by Crippen LogP contribution is 2.37. The van der Waals surface area contributed by atoms with Crippen molar-refractivity contribution in [3.05, 3.63) is 60.7 Å². The first-order chi connectivity index (χ1) is 19.8. The third-order valence-electron chi connectivity index (χ3n) is 6.54. The summed E-state index contributed by atoms with van der Waals surface area (Å²) in [4.78, 5) is -0.516. The topological polar surface area (TPSA) is 175 Å². The molecule has 4 rings (SSSR count). The Bertz CT molecular complexity index is 1780. The van der Waals surface area contributed by atoms with Crippen molar-refractivity contribution in [3.63, 3.8) is 0 Å². The fraction of sp³-hybridized carbons (Fsp3) is 0.308. The van der Waals surface area contributed by atoms with E-state index in [9.17, 15) is 30.4 Å². The third-order valence-corrected chi connectivity index (χ3v) is 11.5. The van der Waals surface area contributed by atoms with Crippen LogP contribution in [-0.4, -0.2) is 82.5 Å². The lowest BCUT2D eigenvalue weighted by Gasteiger charge is -2.32. The zero-order chi connectivity index (χ0) is 30.9. The van der Waals surface area contributed by atoms with Crippen molar-refractivity contribution in [1.29, 1.82) is 0 Å². The van der Waals surface area contributed by atoms with E-state index >= 15 is 0 Å². The van der Waals surface area contributed by atoms with Crippen LogP contribution in [-0.2, 0) is 29.9 Å².